The van der Waals surface area contributed by atoms with Gasteiger partial charge in [-0.2, -0.15) is 0 Å². The van der Waals surface area contributed by atoms with E-state index in [4.69, 9.17) is 0 Å². The fourth-order valence-corrected chi connectivity index (χ4v) is 4.03. The highest BCUT2D eigenvalue weighted by molar-refractivity contribution is 8.15. The summed E-state index contributed by atoms with van der Waals surface area (Å²) in [6.45, 7) is 0.376. The minimum atomic E-state index is -0.878. The number of nitrogens with zero attached hydrogens (tertiary/aromatic N) is 1. The maximum atomic E-state index is 13.5. The quantitative estimate of drug-likeness (QED) is 0.757. The van der Waals surface area contributed by atoms with Gasteiger partial charge in [0.2, 0.25) is 5.91 Å². The first kappa shape index (κ1) is 16.8. The van der Waals surface area contributed by atoms with Crippen molar-refractivity contribution in [3.63, 3.8) is 0 Å². The number of carbonyl (C=O) groups excluding carboxylic acids is 2. The Morgan fingerprint density at radius 2 is 1.88 bits per heavy atom. The van der Waals surface area contributed by atoms with Crippen molar-refractivity contribution in [3.05, 3.63) is 71.4 Å². The molecule has 1 aromatic heterocycles. The highest BCUT2D eigenvalue weighted by Gasteiger charge is 2.32. The van der Waals surface area contributed by atoms with Gasteiger partial charge in [0.15, 0.2) is 11.6 Å². The van der Waals surface area contributed by atoms with E-state index in [1.54, 1.807) is 6.07 Å². The molecule has 4 nitrogen and oxygen atoms in total. The van der Waals surface area contributed by atoms with Crippen LogP contribution in [0.5, 0.6) is 0 Å². The van der Waals surface area contributed by atoms with Gasteiger partial charge in [-0.15, -0.1) is 0 Å². The standard InChI is InChI=1S/C19H14F2N2O2S/c20-14-6-5-11(7-15(14)21)9-23-10-12(13-3-1-2-4-16(13)23)8-17-18(24)22-19(25)26-17/h1-7,10,17H,8-9H2,(H,22,24,25). The summed E-state index contributed by atoms with van der Waals surface area (Å²) in [5.74, 6) is -2.03. The Kier molecular flexibility index (Phi) is 4.24. The maximum Gasteiger partial charge on any atom is 0.286 e. The lowest BCUT2D eigenvalue weighted by Gasteiger charge is -2.06. The van der Waals surface area contributed by atoms with E-state index in [2.05, 4.69) is 5.32 Å². The van der Waals surface area contributed by atoms with Crippen molar-refractivity contribution in [3.8, 4) is 0 Å². The molecule has 0 saturated carbocycles. The van der Waals surface area contributed by atoms with Gasteiger partial charge in [-0.05, 0) is 35.7 Å². The smallest absolute Gasteiger partial charge is 0.286 e. The van der Waals surface area contributed by atoms with Gasteiger partial charge in [0, 0.05) is 23.6 Å². The number of halogens is 2. The second-order valence-electron chi connectivity index (χ2n) is 6.14. The van der Waals surface area contributed by atoms with Crippen LogP contribution >= 0.6 is 11.8 Å². The molecule has 1 fully saturated rings. The average molecular weight is 372 g/mol. The zero-order chi connectivity index (χ0) is 18.3. The number of imide groups is 1. The van der Waals surface area contributed by atoms with Gasteiger partial charge in [-0.1, -0.05) is 36.0 Å². The average Bonchev–Trinajstić information content (AvgIpc) is 3.11. The van der Waals surface area contributed by atoms with E-state index in [-0.39, 0.29) is 11.1 Å². The molecule has 1 atom stereocenters. The molecule has 3 aromatic rings. The number of benzene rings is 2. The third-order valence-electron chi connectivity index (χ3n) is 4.38. The number of aromatic nitrogens is 1. The van der Waals surface area contributed by atoms with Crippen molar-refractivity contribution in [2.24, 2.45) is 0 Å². The summed E-state index contributed by atoms with van der Waals surface area (Å²) in [7, 11) is 0. The van der Waals surface area contributed by atoms with Crippen molar-refractivity contribution in [1.29, 1.82) is 0 Å². The minimum absolute atomic E-state index is 0.280. The molecule has 2 heterocycles. The molecule has 2 aromatic carbocycles. The summed E-state index contributed by atoms with van der Waals surface area (Å²) in [6.07, 6.45) is 2.33. The van der Waals surface area contributed by atoms with Gasteiger partial charge in [-0.25, -0.2) is 8.78 Å². The number of carbonyl (C=O) groups is 2. The van der Waals surface area contributed by atoms with Gasteiger partial charge in [0.25, 0.3) is 5.24 Å². The molecule has 26 heavy (non-hydrogen) atoms. The monoisotopic (exact) mass is 372 g/mol. The summed E-state index contributed by atoms with van der Waals surface area (Å²) in [5, 5.41) is 2.49. The summed E-state index contributed by atoms with van der Waals surface area (Å²) < 4.78 is 28.6. The first-order valence-corrected chi connectivity index (χ1v) is 8.91. The second-order valence-corrected chi connectivity index (χ2v) is 7.31. The molecule has 0 spiro atoms. The van der Waals surface area contributed by atoms with Crippen LogP contribution in [0.4, 0.5) is 13.6 Å². The Morgan fingerprint density at radius 1 is 1.08 bits per heavy atom. The topological polar surface area (TPSA) is 51.1 Å². The lowest BCUT2D eigenvalue weighted by atomic mass is 10.1. The number of hydrogen-bond acceptors (Lipinski definition) is 3. The predicted octanol–water partition coefficient (Wildman–Crippen LogP) is 3.86. The molecule has 132 valence electrons. The van der Waals surface area contributed by atoms with Crippen LogP contribution in [-0.4, -0.2) is 21.0 Å². The van der Waals surface area contributed by atoms with Gasteiger partial charge in [0.1, 0.15) is 0 Å². The summed E-state index contributed by atoms with van der Waals surface area (Å²) in [5.41, 5.74) is 2.51. The molecule has 0 radical (unpaired) electrons. The molecule has 0 aliphatic carbocycles. The highest BCUT2D eigenvalue weighted by atomic mass is 32.2. The van der Waals surface area contributed by atoms with Crippen LogP contribution in [0.15, 0.2) is 48.7 Å². The molecule has 1 aliphatic rings. The number of fused-ring (bicyclic) bond motifs is 1. The van der Waals surface area contributed by atoms with Crippen LogP contribution in [0, 0.1) is 11.6 Å². The third-order valence-corrected chi connectivity index (χ3v) is 5.36. The Morgan fingerprint density at radius 3 is 2.62 bits per heavy atom. The molecule has 1 unspecified atom stereocenters. The molecule has 1 N–H and O–H groups in total. The van der Waals surface area contributed by atoms with Crippen molar-refractivity contribution >= 4 is 33.8 Å². The summed E-state index contributed by atoms with van der Waals surface area (Å²) >= 11 is 0.994. The molecule has 1 aliphatic heterocycles. The molecular weight excluding hydrogens is 358 g/mol. The number of rotatable bonds is 4. The summed E-state index contributed by atoms with van der Waals surface area (Å²) in [4.78, 5) is 23.2. The van der Waals surface area contributed by atoms with Gasteiger partial charge in [0.05, 0.1) is 5.25 Å². The SMILES string of the molecule is O=C1NC(=O)C(Cc2cn(Cc3ccc(F)c(F)c3)c3ccccc23)S1. The van der Waals surface area contributed by atoms with Crippen molar-refractivity contribution in [1.82, 2.24) is 9.88 Å². The van der Waals surface area contributed by atoms with Crippen LogP contribution in [-0.2, 0) is 17.8 Å². The first-order chi connectivity index (χ1) is 12.5. The normalized spacial score (nSPS) is 17.1. The molecular formula is C19H14F2N2O2S. The number of hydrogen-bond donors (Lipinski definition) is 1. The van der Waals surface area contributed by atoms with Crippen LogP contribution in [0.2, 0.25) is 0 Å². The van der Waals surface area contributed by atoms with E-state index in [0.717, 1.165) is 34.3 Å². The largest absolute Gasteiger partial charge is 0.343 e. The lowest BCUT2D eigenvalue weighted by Crippen LogP contribution is -2.25. The number of para-hydroxylation sites is 1. The van der Waals surface area contributed by atoms with Crippen molar-refractivity contribution in [2.45, 2.75) is 18.2 Å². The number of thioether (sulfide) groups is 1. The van der Waals surface area contributed by atoms with E-state index >= 15 is 0 Å². The number of amides is 2. The molecule has 1 saturated heterocycles. The van der Waals surface area contributed by atoms with Crippen LogP contribution < -0.4 is 5.32 Å². The Balaban J connectivity index is 1.68. The predicted molar refractivity (Wildman–Crippen MR) is 96.0 cm³/mol. The molecule has 0 bridgehead atoms. The lowest BCUT2D eigenvalue weighted by molar-refractivity contribution is -0.118. The first-order valence-electron chi connectivity index (χ1n) is 8.03. The Hall–Kier alpha value is -2.67. The summed E-state index contributed by atoms with van der Waals surface area (Å²) in [6, 6.07) is 11.5. The minimum Gasteiger partial charge on any atom is -0.343 e. The van der Waals surface area contributed by atoms with E-state index in [9.17, 15) is 18.4 Å². The highest BCUT2D eigenvalue weighted by Crippen LogP contribution is 2.29. The number of nitrogens with one attached hydrogen (secondary N) is 1. The van der Waals surface area contributed by atoms with Crippen molar-refractivity contribution < 1.29 is 18.4 Å². The van der Waals surface area contributed by atoms with Crippen LogP contribution in [0.3, 0.4) is 0 Å². The molecule has 7 heteroatoms. The fourth-order valence-electron chi connectivity index (χ4n) is 3.18. The van der Waals surface area contributed by atoms with Gasteiger partial charge in [-0.3, -0.25) is 14.9 Å². The third kappa shape index (κ3) is 3.10. The van der Waals surface area contributed by atoms with Gasteiger partial charge >= 0.3 is 0 Å². The zero-order valence-electron chi connectivity index (χ0n) is 13.5. The van der Waals surface area contributed by atoms with E-state index in [0.29, 0.717) is 18.5 Å². The van der Waals surface area contributed by atoms with Gasteiger partial charge < -0.3 is 4.57 Å². The van der Waals surface area contributed by atoms with Crippen LogP contribution in [0.1, 0.15) is 11.1 Å². The fraction of sp³-hybridized carbons (Fsp3) is 0.158. The maximum absolute atomic E-state index is 13.5. The molecule has 4 rings (SSSR count). The Bertz CT molecular complexity index is 1030. The zero-order valence-corrected chi connectivity index (χ0v) is 14.4. The van der Waals surface area contributed by atoms with Crippen molar-refractivity contribution in [2.75, 3.05) is 0 Å². The Labute approximate surface area is 152 Å². The van der Waals surface area contributed by atoms with E-state index < -0.39 is 16.9 Å². The van der Waals surface area contributed by atoms with E-state index in [1.165, 1.54) is 6.07 Å². The van der Waals surface area contributed by atoms with Crippen LogP contribution in [0.25, 0.3) is 10.9 Å². The molecule has 2 amide bonds. The van der Waals surface area contributed by atoms with E-state index in [1.807, 2.05) is 35.0 Å². The second kappa shape index (κ2) is 6.57.